The second-order valence-electron chi connectivity index (χ2n) is 2.21. The summed E-state index contributed by atoms with van der Waals surface area (Å²) < 4.78 is 0. The molecule has 0 amide bonds. The summed E-state index contributed by atoms with van der Waals surface area (Å²) in [5, 5.41) is 10.2. The molecule has 0 fully saturated rings. The van der Waals surface area contributed by atoms with Crippen molar-refractivity contribution >= 4 is 11.5 Å². The van der Waals surface area contributed by atoms with Crippen LogP contribution in [0.2, 0.25) is 0 Å². The highest BCUT2D eigenvalue weighted by Crippen LogP contribution is 2.12. The first kappa shape index (κ1) is 11.5. The minimum absolute atomic E-state index is 0.0925. The van der Waals surface area contributed by atoms with E-state index < -0.39 is 0 Å². The summed E-state index contributed by atoms with van der Waals surface area (Å²) in [5.74, 6) is 0.0925. The Labute approximate surface area is 79.5 Å². The topological polar surface area (TPSA) is 61.9 Å². The Kier molecular flexibility index (Phi) is 5.35. The maximum absolute atomic E-state index is 7.22. The van der Waals surface area contributed by atoms with E-state index in [1.54, 1.807) is 0 Å². The van der Waals surface area contributed by atoms with E-state index in [1.165, 1.54) is 0 Å². The number of nitrogens with two attached hydrogens (primary N) is 1. The van der Waals surface area contributed by atoms with Crippen LogP contribution in [0.5, 0.6) is 0 Å². The lowest BCUT2D eigenvalue weighted by molar-refractivity contribution is 1.40. The number of nitrogen functional groups attached to an aromatic ring is 1. The lowest BCUT2D eigenvalue weighted by Gasteiger charge is -2.05. The average Bonchev–Trinajstić information content (AvgIpc) is 2.20. The Morgan fingerprint density at radius 3 is 2.23 bits per heavy atom. The van der Waals surface area contributed by atoms with Crippen molar-refractivity contribution in [3.05, 3.63) is 29.8 Å². The molecule has 4 N–H and O–H groups in total. The number of rotatable bonds is 2. The van der Waals surface area contributed by atoms with E-state index >= 15 is 0 Å². The van der Waals surface area contributed by atoms with E-state index in [1.807, 2.05) is 45.2 Å². The van der Waals surface area contributed by atoms with E-state index in [-0.39, 0.29) is 5.84 Å². The molecule has 1 aromatic carbocycles. The molecule has 13 heavy (non-hydrogen) atoms. The van der Waals surface area contributed by atoms with E-state index in [4.69, 9.17) is 11.1 Å². The third-order valence-electron chi connectivity index (χ3n) is 1.49. The average molecular weight is 179 g/mol. The largest absolute Gasteiger partial charge is 0.388 e. The van der Waals surface area contributed by atoms with E-state index in [0.29, 0.717) is 0 Å². The molecule has 0 bridgehead atoms. The van der Waals surface area contributed by atoms with E-state index in [9.17, 15) is 0 Å². The van der Waals surface area contributed by atoms with Gasteiger partial charge in [-0.1, -0.05) is 26.0 Å². The van der Waals surface area contributed by atoms with Gasteiger partial charge in [0.1, 0.15) is 5.84 Å². The van der Waals surface area contributed by atoms with Gasteiger partial charge < -0.3 is 11.1 Å². The Morgan fingerprint density at radius 2 is 1.85 bits per heavy atom. The summed E-state index contributed by atoms with van der Waals surface area (Å²) in [4.78, 5) is 0. The smallest absolute Gasteiger partial charge is 0.124 e. The van der Waals surface area contributed by atoms with Crippen LogP contribution in [0.3, 0.4) is 0 Å². The molecule has 1 rings (SSSR count). The number of benzene rings is 1. The fourth-order valence-corrected chi connectivity index (χ4v) is 0.936. The van der Waals surface area contributed by atoms with Crippen LogP contribution >= 0.6 is 0 Å². The number of hydrogen-bond donors (Lipinski definition) is 3. The summed E-state index contributed by atoms with van der Waals surface area (Å²) in [5.41, 5.74) is 6.97. The summed E-state index contributed by atoms with van der Waals surface area (Å²) >= 11 is 0. The Morgan fingerprint density at radius 1 is 1.31 bits per heavy atom. The van der Waals surface area contributed by atoms with Crippen LogP contribution in [0.4, 0.5) is 5.69 Å². The number of anilines is 1. The lowest BCUT2D eigenvalue weighted by atomic mass is 10.1. The second kappa shape index (κ2) is 6.06. The quantitative estimate of drug-likeness (QED) is 0.480. The van der Waals surface area contributed by atoms with Crippen LogP contribution in [0.25, 0.3) is 0 Å². The third-order valence-corrected chi connectivity index (χ3v) is 1.49. The number of hydrogen-bond acceptors (Lipinski definition) is 2. The van der Waals surface area contributed by atoms with E-state index in [2.05, 4.69) is 5.32 Å². The van der Waals surface area contributed by atoms with Crippen molar-refractivity contribution < 1.29 is 0 Å². The van der Waals surface area contributed by atoms with Crippen LogP contribution in [0.1, 0.15) is 19.4 Å². The van der Waals surface area contributed by atoms with Gasteiger partial charge in [-0.3, -0.25) is 5.41 Å². The van der Waals surface area contributed by atoms with Gasteiger partial charge in [-0.2, -0.15) is 0 Å². The van der Waals surface area contributed by atoms with Crippen molar-refractivity contribution in [1.29, 1.82) is 5.41 Å². The first-order valence-electron chi connectivity index (χ1n) is 4.37. The number of nitrogens with one attached hydrogen (secondary N) is 2. The normalized spacial score (nSPS) is 8.23. The summed E-state index contributed by atoms with van der Waals surface area (Å²) in [6.07, 6.45) is 0. The van der Waals surface area contributed by atoms with Crippen molar-refractivity contribution in [3.63, 3.8) is 0 Å². The maximum atomic E-state index is 7.22. The van der Waals surface area contributed by atoms with Gasteiger partial charge in [-0.25, -0.2) is 0 Å². The van der Waals surface area contributed by atoms with Gasteiger partial charge in [0.05, 0.1) is 0 Å². The molecule has 0 aromatic heterocycles. The standard InChI is InChI=1S/C8H11N3.C2H6/c1-11-7-5-3-2-4-6(7)8(9)10;1-2/h2-5,11H,1H3,(H3,9,10);1-2H3. The van der Waals surface area contributed by atoms with Crippen LogP contribution in [0, 0.1) is 5.41 Å². The molecule has 0 unspecified atom stereocenters. The first-order chi connectivity index (χ1) is 6.25. The summed E-state index contributed by atoms with van der Waals surface area (Å²) in [6, 6.07) is 7.46. The molecule has 1 aromatic rings. The zero-order chi connectivity index (χ0) is 10.3. The van der Waals surface area contributed by atoms with Gasteiger partial charge in [0.25, 0.3) is 0 Å². The molecule has 0 aliphatic rings. The van der Waals surface area contributed by atoms with Gasteiger partial charge in [0.2, 0.25) is 0 Å². The molecule has 72 valence electrons. The molecule has 0 saturated heterocycles. The molecule has 0 saturated carbocycles. The van der Waals surface area contributed by atoms with Gasteiger partial charge in [0, 0.05) is 18.3 Å². The zero-order valence-corrected chi connectivity index (χ0v) is 8.39. The molecule has 3 heteroatoms. The third kappa shape index (κ3) is 3.15. The van der Waals surface area contributed by atoms with Crippen molar-refractivity contribution in [2.75, 3.05) is 12.4 Å². The molecular formula is C10H17N3. The van der Waals surface area contributed by atoms with Crippen molar-refractivity contribution in [2.24, 2.45) is 5.73 Å². The zero-order valence-electron chi connectivity index (χ0n) is 8.39. The van der Waals surface area contributed by atoms with Crippen molar-refractivity contribution in [2.45, 2.75) is 13.8 Å². The van der Waals surface area contributed by atoms with Gasteiger partial charge in [-0.05, 0) is 12.1 Å². The molecule has 0 atom stereocenters. The molecule has 0 aliphatic heterocycles. The van der Waals surface area contributed by atoms with Crippen molar-refractivity contribution in [3.8, 4) is 0 Å². The van der Waals surface area contributed by atoms with Crippen LogP contribution < -0.4 is 11.1 Å². The highest BCUT2D eigenvalue weighted by molar-refractivity contribution is 6.00. The summed E-state index contributed by atoms with van der Waals surface area (Å²) in [6.45, 7) is 4.00. The van der Waals surface area contributed by atoms with Gasteiger partial charge in [-0.15, -0.1) is 0 Å². The first-order valence-corrected chi connectivity index (χ1v) is 4.37. The molecule has 0 aliphatic carbocycles. The summed E-state index contributed by atoms with van der Waals surface area (Å²) in [7, 11) is 1.81. The Hall–Kier alpha value is -1.51. The number of para-hydroxylation sites is 1. The molecular weight excluding hydrogens is 162 g/mol. The van der Waals surface area contributed by atoms with Gasteiger partial charge >= 0.3 is 0 Å². The molecule has 0 heterocycles. The minimum atomic E-state index is 0.0925. The Bertz CT molecular complexity index is 269. The molecule has 0 radical (unpaired) electrons. The second-order valence-corrected chi connectivity index (χ2v) is 2.21. The highest BCUT2D eigenvalue weighted by Gasteiger charge is 2.00. The maximum Gasteiger partial charge on any atom is 0.124 e. The van der Waals surface area contributed by atoms with Crippen molar-refractivity contribution in [1.82, 2.24) is 0 Å². The SMILES string of the molecule is CC.CNc1ccccc1C(=N)N. The van der Waals surface area contributed by atoms with Crippen LogP contribution in [-0.4, -0.2) is 12.9 Å². The van der Waals surface area contributed by atoms with Crippen LogP contribution in [0.15, 0.2) is 24.3 Å². The Balaban J connectivity index is 0.000000671. The predicted octanol–water partition coefficient (Wildman–Crippen LogP) is 2.04. The molecule has 3 nitrogen and oxygen atoms in total. The monoisotopic (exact) mass is 179 g/mol. The van der Waals surface area contributed by atoms with Crippen LogP contribution in [-0.2, 0) is 0 Å². The minimum Gasteiger partial charge on any atom is -0.388 e. The van der Waals surface area contributed by atoms with E-state index in [0.717, 1.165) is 11.3 Å². The molecule has 0 spiro atoms. The predicted molar refractivity (Wildman–Crippen MR) is 58.4 cm³/mol. The van der Waals surface area contributed by atoms with Gasteiger partial charge in [0.15, 0.2) is 0 Å². The fourth-order valence-electron chi connectivity index (χ4n) is 0.936. The fraction of sp³-hybridized carbons (Fsp3) is 0.300. The number of amidine groups is 1. The highest BCUT2D eigenvalue weighted by atomic mass is 14.8. The lowest BCUT2D eigenvalue weighted by Crippen LogP contribution is -2.13.